The Balaban J connectivity index is 1.92. The van der Waals surface area contributed by atoms with E-state index in [1.54, 1.807) is 31.4 Å². The van der Waals surface area contributed by atoms with Gasteiger partial charge in [0.05, 0.1) is 37.5 Å². The number of hydrogen-bond acceptors (Lipinski definition) is 5. The fraction of sp³-hybridized carbons (Fsp3) is 0.350. The molecule has 8 heteroatoms. The molecule has 1 saturated heterocycles. The molecule has 3 rings (SSSR count). The number of nitrogens with one attached hydrogen (secondary N) is 1. The van der Waals surface area contributed by atoms with Gasteiger partial charge in [-0.15, -0.1) is 4.40 Å². The Hall–Kier alpha value is -2.42. The SMILES string of the molecule is COc1ccccc1NC(CN1CCOCC1)=NS(=O)(=O)c1ccc(C)cc1. The Bertz CT molecular complexity index is 921. The summed E-state index contributed by atoms with van der Waals surface area (Å²) in [6.45, 7) is 4.95. The van der Waals surface area contributed by atoms with Crippen molar-refractivity contribution in [2.24, 2.45) is 4.40 Å². The van der Waals surface area contributed by atoms with Gasteiger partial charge in [0.25, 0.3) is 10.0 Å². The van der Waals surface area contributed by atoms with Crippen LogP contribution in [0.1, 0.15) is 5.56 Å². The van der Waals surface area contributed by atoms with Crippen LogP contribution in [-0.4, -0.2) is 59.1 Å². The fourth-order valence-electron chi connectivity index (χ4n) is 2.87. The Kier molecular flexibility index (Phi) is 6.66. The highest BCUT2D eigenvalue weighted by atomic mass is 32.2. The van der Waals surface area contributed by atoms with E-state index in [4.69, 9.17) is 9.47 Å². The second kappa shape index (κ2) is 9.18. The number of amidine groups is 1. The minimum Gasteiger partial charge on any atom is -0.495 e. The number of anilines is 1. The van der Waals surface area contributed by atoms with E-state index in [-0.39, 0.29) is 4.90 Å². The van der Waals surface area contributed by atoms with Crippen LogP contribution in [0.2, 0.25) is 0 Å². The summed E-state index contributed by atoms with van der Waals surface area (Å²) in [5.41, 5.74) is 1.65. The van der Waals surface area contributed by atoms with Gasteiger partial charge >= 0.3 is 0 Å². The molecule has 1 fully saturated rings. The van der Waals surface area contributed by atoms with Crippen molar-refractivity contribution in [3.05, 3.63) is 54.1 Å². The Morgan fingerprint density at radius 3 is 2.50 bits per heavy atom. The van der Waals surface area contributed by atoms with Crippen LogP contribution in [0.15, 0.2) is 57.8 Å². The predicted octanol–water partition coefficient (Wildman–Crippen LogP) is 2.54. The van der Waals surface area contributed by atoms with Gasteiger partial charge in [-0.2, -0.15) is 8.42 Å². The molecule has 1 aliphatic heterocycles. The molecule has 150 valence electrons. The van der Waals surface area contributed by atoms with Crippen molar-refractivity contribution in [2.45, 2.75) is 11.8 Å². The summed E-state index contributed by atoms with van der Waals surface area (Å²) in [4.78, 5) is 2.27. The van der Waals surface area contributed by atoms with Crippen molar-refractivity contribution in [1.82, 2.24) is 4.90 Å². The summed E-state index contributed by atoms with van der Waals surface area (Å²) < 4.78 is 40.5. The number of para-hydroxylation sites is 2. The molecule has 0 atom stereocenters. The lowest BCUT2D eigenvalue weighted by Crippen LogP contribution is -2.41. The van der Waals surface area contributed by atoms with Crippen LogP contribution in [0.3, 0.4) is 0 Å². The molecule has 0 spiro atoms. The van der Waals surface area contributed by atoms with E-state index >= 15 is 0 Å². The van der Waals surface area contributed by atoms with Crippen LogP contribution in [0.5, 0.6) is 5.75 Å². The van der Waals surface area contributed by atoms with Gasteiger partial charge in [-0.3, -0.25) is 4.90 Å². The third kappa shape index (κ3) is 5.31. The zero-order valence-electron chi connectivity index (χ0n) is 16.1. The molecule has 28 heavy (non-hydrogen) atoms. The van der Waals surface area contributed by atoms with Crippen LogP contribution >= 0.6 is 0 Å². The van der Waals surface area contributed by atoms with Gasteiger partial charge in [-0.1, -0.05) is 29.8 Å². The minimum absolute atomic E-state index is 0.166. The van der Waals surface area contributed by atoms with Crippen LogP contribution < -0.4 is 10.1 Å². The van der Waals surface area contributed by atoms with Gasteiger partial charge < -0.3 is 14.8 Å². The second-order valence-electron chi connectivity index (χ2n) is 6.54. The summed E-state index contributed by atoms with van der Waals surface area (Å²) in [5.74, 6) is 0.955. The number of sulfonamides is 1. The van der Waals surface area contributed by atoms with Gasteiger partial charge in [0.2, 0.25) is 0 Å². The molecule has 0 bridgehead atoms. The van der Waals surface area contributed by atoms with E-state index in [9.17, 15) is 8.42 Å². The van der Waals surface area contributed by atoms with Gasteiger partial charge in [0.1, 0.15) is 11.6 Å². The highest BCUT2D eigenvalue weighted by Crippen LogP contribution is 2.24. The first-order valence-corrected chi connectivity index (χ1v) is 10.5. The van der Waals surface area contributed by atoms with E-state index in [1.807, 2.05) is 31.2 Å². The monoisotopic (exact) mass is 403 g/mol. The van der Waals surface area contributed by atoms with Gasteiger partial charge in [-0.05, 0) is 31.2 Å². The number of nitrogens with zero attached hydrogens (tertiary/aromatic N) is 2. The first kappa shape index (κ1) is 20.3. The zero-order chi connectivity index (χ0) is 20.0. The topological polar surface area (TPSA) is 80.2 Å². The van der Waals surface area contributed by atoms with E-state index in [0.29, 0.717) is 37.0 Å². The molecule has 0 aliphatic carbocycles. The first-order valence-electron chi connectivity index (χ1n) is 9.08. The maximum Gasteiger partial charge on any atom is 0.283 e. The zero-order valence-corrected chi connectivity index (χ0v) is 16.9. The number of rotatable bonds is 6. The molecule has 1 heterocycles. The third-order valence-electron chi connectivity index (χ3n) is 4.41. The number of benzene rings is 2. The van der Waals surface area contributed by atoms with Crippen molar-refractivity contribution < 1.29 is 17.9 Å². The largest absolute Gasteiger partial charge is 0.495 e. The third-order valence-corrected chi connectivity index (χ3v) is 5.74. The first-order chi connectivity index (χ1) is 13.5. The molecule has 0 aromatic heterocycles. The molecule has 0 amide bonds. The smallest absolute Gasteiger partial charge is 0.283 e. The van der Waals surface area contributed by atoms with E-state index in [0.717, 1.165) is 18.7 Å². The average Bonchev–Trinajstić information content (AvgIpc) is 2.69. The van der Waals surface area contributed by atoms with Crippen LogP contribution in [0.4, 0.5) is 5.69 Å². The minimum atomic E-state index is -3.84. The maximum atomic E-state index is 12.8. The number of morpholine rings is 1. The molecule has 0 saturated carbocycles. The lowest BCUT2D eigenvalue weighted by atomic mass is 10.2. The van der Waals surface area contributed by atoms with Crippen molar-refractivity contribution in [1.29, 1.82) is 0 Å². The molecule has 2 aromatic carbocycles. The Morgan fingerprint density at radius 1 is 1.14 bits per heavy atom. The normalized spacial score (nSPS) is 16.0. The highest BCUT2D eigenvalue weighted by Gasteiger charge is 2.19. The lowest BCUT2D eigenvalue weighted by Gasteiger charge is -2.27. The second-order valence-corrected chi connectivity index (χ2v) is 8.14. The summed E-state index contributed by atoms with van der Waals surface area (Å²) >= 11 is 0. The highest BCUT2D eigenvalue weighted by molar-refractivity contribution is 7.90. The Morgan fingerprint density at radius 2 is 1.82 bits per heavy atom. The number of aryl methyl sites for hydroxylation is 1. The summed E-state index contributed by atoms with van der Waals surface area (Å²) in [5, 5.41) is 3.15. The number of hydrogen-bond donors (Lipinski definition) is 1. The average molecular weight is 404 g/mol. The van der Waals surface area contributed by atoms with Crippen molar-refractivity contribution >= 4 is 21.5 Å². The van der Waals surface area contributed by atoms with E-state index in [2.05, 4.69) is 14.6 Å². The standard InChI is InChI=1S/C20H25N3O4S/c1-16-7-9-17(10-8-16)28(24,25)22-20(15-23-11-13-27-14-12-23)21-18-5-3-4-6-19(18)26-2/h3-10H,11-15H2,1-2H3,(H,21,22). The van der Waals surface area contributed by atoms with Crippen molar-refractivity contribution in [3.63, 3.8) is 0 Å². The molecular weight excluding hydrogens is 378 g/mol. The maximum absolute atomic E-state index is 12.8. The van der Waals surface area contributed by atoms with Gasteiger partial charge in [0.15, 0.2) is 0 Å². The van der Waals surface area contributed by atoms with Gasteiger partial charge in [0, 0.05) is 13.1 Å². The molecule has 0 radical (unpaired) electrons. The molecule has 1 aliphatic rings. The summed E-state index contributed by atoms with van der Waals surface area (Å²) in [7, 11) is -2.27. The van der Waals surface area contributed by atoms with Crippen molar-refractivity contribution in [2.75, 3.05) is 45.3 Å². The summed E-state index contributed by atoms with van der Waals surface area (Å²) in [6.07, 6.45) is 0. The number of methoxy groups -OCH3 is 1. The number of ether oxygens (including phenoxy) is 2. The van der Waals surface area contributed by atoms with Crippen molar-refractivity contribution in [3.8, 4) is 5.75 Å². The van der Waals surface area contributed by atoms with Crippen LogP contribution in [0.25, 0.3) is 0 Å². The molecule has 1 N–H and O–H groups in total. The van der Waals surface area contributed by atoms with Crippen LogP contribution in [-0.2, 0) is 14.8 Å². The Labute approximate surface area is 166 Å². The molecule has 2 aromatic rings. The van der Waals surface area contributed by atoms with Crippen LogP contribution in [0, 0.1) is 6.92 Å². The van der Waals surface area contributed by atoms with Gasteiger partial charge in [-0.25, -0.2) is 0 Å². The van der Waals surface area contributed by atoms with E-state index < -0.39 is 10.0 Å². The van der Waals surface area contributed by atoms with E-state index in [1.165, 1.54) is 0 Å². The molecule has 7 nitrogen and oxygen atoms in total. The molecule has 0 unspecified atom stereocenters. The molecular formula is C20H25N3O4S. The predicted molar refractivity (Wildman–Crippen MR) is 110 cm³/mol. The quantitative estimate of drug-likeness (QED) is 0.590. The summed E-state index contributed by atoms with van der Waals surface area (Å²) in [6, 6.07) is 14.0. The lowest BCUT2D eigenvalue weighted by molar-refractivity contribution is 0.0453. The fourth-order valence-corrected chi connectivity index (χ4v) is 3.85.